The Balaban J connectivity index is 2.18. The predicted octanol–water partition coefficient (Wildman–Crippen LogP) is 2.35. The fourth-order valence-corrected chi connectivity index (χ4v) is 2.28. The van der Waals surface area contributed by atoms with Crippen LogP contribution >= 0.6 is 0 Å². The Kier molecular flexibility index (Phi) is 6.76. The van der Waals surface area contributed by atoms with Crippen LogP contribution in [0.1, 0.15) is 40.3 Å². The first-order valence-corrected chi connectivity index (χ1v) is 8.23. The molecule has 0 fully saturated rings. The minimum absolute atomic E-state index is 0.0685. The Labute approximate surface area is 155 Å². The first-order chi connectivity index (χ1) is 12.9. The zero-order valence-electron chi connectivity index (χ0n) is 14.9. The highest BCUT2D eigenvalue weighted by Crippen LogP contribution is 2.16. The summed E-state index contributed by atoms with van der Waals surface area (Å²) in [6.07, 6.45) is 0.693. The van der Waals surface area contributed by atoms with Gasteiger partial charge in [-0.2, -0.15) is 0 Å². The lowest BCUT2D eigenvalue weighted by molar-refractivity contribution is -0.116. The second-order valence-corrected chi connectivity index (χ2v) is 5.59. The summed E-state index contributed by atoms with van der Waals surface area (Å²) in [5.74, 6) is -1.24. The lowest BCUT2D eigenvalue weighted by atomic mass is 10.1. The molecule has 2 aromatic rings. The maximum absolute atomic E-state index is 12.5. The molecule has 27 heavy (non-hydrogen) atoms. The van der Waals surface area contributed by atoms with Crippen LogP contribution in [0.5, 0.6) is 0 Å². The molecule has 8 heteroatoms. The molecule has 3 amide bonds. The van der Waals surface area contributed by atoms with Crippen LogP contribution in [0.3, 0.4) is 0 Å². The molecular weight excluding hydrogens is 350 g/mol. The van der Waals surface area contributed by atoms with Gasteiger partial charge in [-0.15, -0.1) is 0 Å². The van der Waals surface area contributed by atoms with E-state index >= 15 is 0 Å². The first kappa shape index (κ1) is 19.8. The lowest BCUT2D eigenvalue weighted by Crippen LogP contribution is -2.31. The van der Waals surface area contributed by atoms with Gasteiger partial charge in [0.1, 0.15) is 5.78 Å². The SMILES string of the molecule is CCOC(=O)NC(=O)c1ccccc1NC(=O)c1ccnc(CC(C)=O)c1. The fraction of sp³-hybridized carbons (Fsp3) is 0.211. The number of pyridine rings is 1. The molecule has 0 aliphatic heterocycles. The number of carbonyl (C=O) groups excluding carboxylic acids is 4. The van der Waals surface area contributed by atoms with Gasteiger partial charge in [0.05, 0.1) is 17.9 Å². The molecule has 2 rings (SSSR count). The monoisotopic (exact) mass is 369 g/mol. The maximum Gasteiger partial charge on any atom is 0.414 e. The number of imide groups is 1. The Bertz CT molecular complexity index is 879. The van der Waals surface area contributed by atoms with Gasteiger partial charge >= 0.3 is 6.09 Å². The lowest BCUT2D eigenvalue weighted by Gasteiger charge is -2.11. The van der Waals surface area contributed by atoms with Crippen LogP contribution in [0, 0.1) is 0 Å². The van der Waals surface area contributed by atoms with Crippen LogP contribution in [0.15, 0.2) is 42.6 Å². The standard InChI is InChI=1S/C19H19N3O5/c1-3-27-19(26)22-18(25)15-6-4-5-7-16(15)21-17(24)13-8-9-20-14(11-13)10-12(2)23/h4-9,11H,3,10H2,1-2H3,(H,21,24)(H,22,25,26). The van der Waals surface area contributed by atoms with Crippen LogP contribution in [0.4, 0.5) is 10.5 Å². The largest absolute Gasteiger partial charge is 0.450 e. The van der Waals surface area contributed by atoms with E-state index in [4.69, 9.17) is 0 Å². The molecule has 0 spiro atoms. The molecule has 0 radical (unpaired) electrons. The van der Waals surface area contributed by atoms with Gasteiger partial charge in [0, 0.05) is 23.9 Å². The van der Waals surface area contributed by atoms with Crippen molar-refractivity contribution in [3.63, 3.8) is 0 Å². The average Bonchev–Trinajstić information content (AvgIpc) is 2.62. The Hall–Kier alpha value is -3.55. The Morgan fingerprint density at radius 2 is 1.81 bits per heavy atom. The molecule has 140 valence electrons. The number of rotatable bonds is 6. The molecule has 1 aromatic carbocycles. The summed E-state index contributed by atoms with van der Waals surface area (Å²) in [6, 6.07) is 9.27. The molecule has 1 heterocycles. The molecule has 0 atom stereocenters. The van der Waals surface area contributed by atoms with E-state index in [0.29, 0.717) is 11.3 Å². The van der Waals surface area contributed by atoms with E-state index in [0.717, 1.165) is 0 Å². The van der Waals surface area contributed by atoms with E-state index in [9.17, 15) is 19.2 Å². The number of Topliss-reactive ketones (excluding diaryl/α,β-unsaturated/α-hetero) is 1. The van der Waals surface area contributed by atoms with Crippen molar-refractivity contribution in [1.29, 1.82) is 0 Å². The smallest absolute Gasteiger partial charge is 0.414 e. The number of amides is 3. The van der Waals surface area contributed by atoms with Crippen molar-refractivity contribution in [2.24, 2.45) is 0 Å². The summed E-state index contributed by atoms with van der Waals surface area (Å²) in [4.78, 5) is 51.4. The number of hydrogen-bond acceptors (Lipinski definition) is 6. The molecule has 0 bridgehead atoms. The second-order valence-electron chi connectivity index (χ2n) is 5.59. The highest BCUT2D eigenvalue weighted by molar-refractivity contribution is 6.11. The topological polar surface area (TPSA) is 114 Å². The molecule has 0 aliphatic carbocycles. The maximum atomic E-state index is 12.5. The van der Waals surface area contributed by atoms with Crippen LogP contribution in [-0.4, -0.2) is 35.3 Å². The van der Waals surface area contributed by atoms with Gasteiger partial charge in [-0.05, 0) is 38.1 Å². The number of nitrogens with one attached hydrogen (secondary N) is 2. The van der Waals surface area contributed by atoms with Gasteiger partial charge in [-0.25, -0.2) is 4.79 Å². The van der Waals surface area contributed by atoms with Crippen LogP contribution in [0.2, 0.25) is 0 Å². The van der Waals surface area contributed by atoms with Crippen molar-refractivity contribution in [2.45, 2.75) is 20.3 Å². The molecule has 0 aliphatic rings. The third kappa shape index (κ3) is 5.74. The number of anilines is 1. The molecule has 8 nitrogen and oxygen atoms in total. The van der Waals surface area contributed by atoms with Crippen molar-refractivity contribution in [3.8, 4) is 0 Å². The van der Waals surface area contributed by atoms with Crippen molar-refractivity contribution in [2.75, 3.05) is 11.9 Å². The van der Waals surface area contributed by atoms with Crippen molar-refractivity contribution in [3.05, 3.63) is 59.4 Å². The quantitative estimate of drug-likeness (QED) is 0.808. The van der Waals surface area contributed by atoms with Gasteiger partial charge in [0.15, 0.2) is 0 Å². The zero-order valence-corrected chi connectivity index (χ0v) is 14.9. The predicted molar refractivity (Wildman–Crippen MR) is 97.5 cm³/mol. The molecule has 0 saturated heterocycles. The summed E-state index contributed by atoms with van der Waals surface area (Å²) in [7, 11) is 0. The number of para-hydroxylation sites is 1. The number of ketones is 1. The highest BCUT2D eigenvalue weighted by atomic mass is 16.5. The number of alkyl carbamates (subject to hydrolysis) is 1. The minimum Gasteiger partial charge on any atom is -0.450 e. The van der Waals surface area contributed by atoms with Crippen LogP contribution < -0.4 is 10.6 Å². The highest BCUT2D eigenvalue weighted by Gasteiger charge is 2.17. The molecule has 0 saturated carbocycles. The molecule has 1 aromatic heterocycles. The van der Waals surface area contributed by atoms with E-state index in [1.54, 1.807) is 19.1 Å². The summed E-state index contributed by atoms with van der Waals surface area (Å²) >= 11 is 0. The van der Waals surface area contributed by atoms with Crippen LogP contribution in [-0.2, 0) is 16.0 Å². The fourth-order valence-electron chi connectivity index (χ4n) is 2.28. The van der Waals surface area contributed by atoms with Gasteiger partial charge < -0.3 is 10.1 Å². The Morgan fingerprint density at radius 1 is 1.07 bits per heavy atom. The average molecular weight is 369 g/mol. The number of carbonyl (C=O) groups is 4. The van der Waals surface area contributed by atoms with Crippen molar-refractivity contribution < 1.29 is 23.9 Å². The summed E-state index contributed by atoms with van der Waals surface area (Å²) < 4.78 is 4.68. The van der Waals surface area contributed by atoms with E-state index in [1.807, 2.05) is 0 Å². The van der Waals surface area contributed by atoms with E-state index < -0.39 is 17.9 Å². The van der Waals surface area contributed by atoms with E-state index in [1.165, 1.54) is 37.4 Å². The van der Waals surface area contributed by atoms with Crippen molar-refractivity contribution in [1.82, 2.24) is 10.3 Å². The van der Waals surface area contributed by atoms with Gasteiger partial charge in [-0.1, -0.05) is 12.1 Å². The molecular formula is C19H19N3O5. The second kappa shape index (κ2) is 9.23. The molecule has 0 unspecified atom stereocenters. The number of benzene rings is 1. The third-order valence-corrected chi connectivity index (χ3v) is 3.42. The normalized spacial score (nSPS) is 10.0. The molecule has 2 N–H and O–H groups in total. The summed E-state index contributed by atoms with van der Waals surface area (Å²) in [5.41, 5.74) is 1.11. The van der Waals surface area contributed by atoms with Gasteiger partial charge in [0.2, 0.25) is 0 Å². The van der Waals surface area contributed by atoms with E-state index in [2.05, 4.69) is 20.4 Å². The first-order valence-electron chi connectivity index (χ1n) is 8.23. The van der Waals surface area contributed by atoms with Crippen molar-refractivity contribution >= 4 is 29.4 Å². The van der Waals surface area contributed by atoms with Gasteiger partial charge in [-0.3, -0.25) is 24.7 Å². The Morgan fingerprint density at radius 3 is 2.52 bits per heavy atom. The number of aromatic nitrogens is 1. The number of ether oxygens (including phenoxy) is 1. The van der Waals surface area contributed by atoms with Gasteiger partial charge in [0.25, 0.3) is 11.8 Å². The minimum atomic E-state index is -0.869. The van der Waals surface area contributed by atoms with Crippen LogP contribution in [0.25, 0.3) is 0 Å². The summed E-state index contributed by atoms with van der Waals surface area (Å²) in [5, 5.41) is 4.71. The van der Waals surface area contributed by atoms with E-state index in [-0.39, 0.29) is 30.1 Å². The number of hydrogen-bond donors (Lipinski definition) is 2. The number of nitrogens with zero attached hydrogens (tertiary/aromatic N) is 1. The summed E-state index contributed by atoms with van der Waals surface area (Å²) in [6.45, 7) is 3.18. The third-order valence-electron chi connectivity index (χ3n) is 3.42. The zero-order chi connectivity index (χ0) is 19.8.